The number of ether oxygens (including phenoxy) is 1. The van der Waals surface area contributed by atoms with Crippen LogP contribution in [0.3, 0.4) is 0 Å². The Morgan fingerprint density at radius 2 is 2.16 bits per heavy atom. The SMILES string of the molecule is O=C1COc2cc([N+](=O)[O-])c(NCCCC3CCCCC3O)cc2N1. The molecule has 8 heteroatoms. The molecule has 136 valence electrons. The average molecular weight is 349 g/mol. The van der Waals surface area contributed by atoms with Gasteiger partial charge in [-0.1, -0.05) is 12.8 Å². The highest BCUT2D eigenvalue weighted by atomic mass is 16.6. The Bertz CT molecular complexity index is 664. The monoisotopic (exact) mass is 349 g/mol. The number of carbonyl (C=O) groups is 1. The Morgan fingerprint density at radius 1 is 1.36 bits per heavy atom. The summed E-state index contributed by atoms with van der Waals surface area (Å²) in [5, 5.41) is 27.0. The van der Waals surface area contributed by atoms with Gasteiger partial charge in [0.1, 0.15) is 5.69 Å². The molecule has 2 unspecified atom stereocenters. The number of fused-ring (bicyclic) bond motifs is 1. The first-order valence-corrected chi connectivity index (χ1v) is 8.71. The minimum atomic E-state index is -0.465. The topological polar surface area (TPSA) is 114 Å². The third kappa shape index (κ3) is 4.19. The van der Waals surface area contributed by atoms with Gasteiger partial charge in [-0.3, -0.25) is 14.9 Å². The molecule has 8 nitrogen and oxygen atoms in total. The van der Waals surface area contributed by atoms with Crippen LogP contribution in [0.4, 0.5) is 17.1 Å². The van der Waals surface area contributed by atoms with Crippen LogP contribution in [0, 0.1) is 16.0 Å². The lowest BCUT2D eigenvalue weighted by atomic mass is 9.83. The van der Waals surface area contributed by atoms with Crippen LogP contribution in [0.5, 0.6) is 5.75 Å². The zero-order valence-electron chi connectivity index (χ0n) is 14.0. The van der Waals surface area contributed by atoms with Crippen molar-refractivity contribution in [2.75, 3.05) is 23.8 Å². The first-order valence-electron chi connectivity index (χ1n) is 8.71. The summed E-state index contributed by atoms with van der Waals surface area (Å²) in [4.78, 5) is 22.2. The highest BCUT2D eigenvalue weighted by Crippen LogP contribution is 2.38. The normalized spacial score (nSPS) is 22.5. The maximum Gasteiger partial charge on any atom is 0.296 e. The van der Waals surface area contributed by atoms with Crippen molar-refractivity contribution >= 4 is 23.0 Å². The highest BCUT2D eigenvalue weighted by molar-refractivity contribution is 5.96. The summed E-state index contributed by atoms with van der Waals surface area (Å²) in [6, 6.07) is 2.88. The lowest BCUT2D eigenvalue weighted by molar-refractivity contribution is -0.384. The molecule has 0 aromatic heterocycles. The van der Waals surface area contributed by atoms with Crippen LogP contribution in [0.15, 0.2) is 12.1 Å². The molecule has 0 radical (unpaired) electrons. The van der Waals surface area contributed by atoms with Crippen molar-refractivity contribution in [3.63, 3.8) is 0 Å². The van der Waals surface area contributed by atoms with E-state index in [2.05, 4.69) is 10.6 Å². The molecule has 1 aromatic carbocycles. The number of rotatable bonds is 6. The van der Waals surface area contributed by atoms with Crippen molar-refractivity contribution in [3.8, 4) is 5.75 Å². The maximum atomic E-state index is 11.4. The molecule has 1 amide bonds. The fourth-order valence-corrected chi connectivity index (χ4v) is 3.52. The number of nitrogens with one attached hydrogen (secondary N) is 2. The summed E-state index contributed by atoms with van der Waals surface area (Å²) in [6.07, 6.45) is 5.65. The van der Waals surface area contributed by atoms with Crippen LogP contribution < -0.4 is 15.4 Å². The van der Waals surface area contributed by atoms with Crippen LogP contribution in [0.1, 0.15) is 38.5 Å². The van der Waals surface area contributed by atoms with Gasteiger partial charge in [0.25, 0.3) is 11.6 Å². The van der Waals surface area contributed by atoms with Crippen LogP contribution >= 0.6 is 0 Å². The largest absolute Gasteiger partial charge is 0.481 e. The molecule has 1 aromatic rings. The Kier molecular flexibility index (Phi) is 5.37. The first kappa shape index (κ1) is 17.5. The molecule has 3 rings (SSSR count). The second-order valence-electron chi connectivity index (χ2n) is 6.64. The van der Waals surface area contributed by atoms with E-state index in [1.165, 1.54) is 6.07 Å². The predicted molar refractivity (Wildman–Crippen MR) is 92.9 cm³/mol. The van der Waals surface area contributed by atoms with Crippen molar-refractivity contribution in [3.05, 3.63) is 22.2 Å². The Morgan fingerprint density at radius 3 is 2.92 bits per heavy atom. The molecule has 3 N–H and O–H groups in total. The van der Waals surface area contributed by atoms with E-state index in [-0.39, 0.29) is 24.3 Å². The van der Waals surface area contributed by atoms with Gasteiger partial charge in [-0.05, 0) is 37.7 Å². The zero-order chi connectivity index (χ0) is 17.8. The standard InChI is InChI=1S/C17H23N3O5/c21-15-6-2-1-4-11(15)5-3-7-18-12-8-13-16(9-14(12)20(23)24)25-10-17(22)19-13/h8-9,11,15,18,21H,1-7,10H2,(H,19,22). The van der Waals surface area contributed by atoms with Crippen molar-refractivity contribution in [1.29, 1.82) is 0 Å². The number of benzene rings is 1. The molecular formula is C17H23N3O5. The van der Waals surface area contributed by atoms with Gasteiger partial charge in [0.15, 0.2) is 12.4 Å². The number of nitro benzene ring substituents is 1. The molecule has 1 heterocycles. The second-order valence-corrected chi connectivity index (χ2v) is 6.64. The van der Waals surface area contributed by atoms with Gasteiger partial charge in [-0.25, -0.2) is 0 Å². The van der Waals surface area contributed by atoms with Crippen molar-refractivity contribution in [2.45, 2.75) is 44.6 Å². The summed E-state index contributed by atoms with van der Waals surface area (Å²) in [5.41, 5.74) is 0.721. The number of anilines is 2. The summed E-state index contributed by atoms with van der Waals surface area (Å²) < 4.78 is 5.23. The number of carbonyl (C=O) groups excluding carboxylic acids is 1. The minimum Gasteiger partial charge on any atom is -0.481 e. The fraction of sp³-hybridized carbons (Fsp3) is 0.588. The number of aliphatic hydroxyl groups excluding tert-OH is 1. The lowest BCUT2D eigenvalue weighted by Crippen LogP contribution is -2.25. The number of nitrogens with zero attached hydrogens (tertiary/aromatic N) is 1. The first-order chi connectivity index (χ1) is 12.0. The van der Waals surface area contributed by atoms with Crippen LogP contribution in [0.25, 0.3) is 0 Å². The minimum absolute atomic E-state index is 0.0763. The highest BCUT2D eigenvalue weighted by Gasteiger charge is 2.24. The van der Waals surface area contributed by atoms with Gasteiger partial charge < -0.3 is 20.5 Å². The third-order valence-electron chi connectivity index (χ3n) is 4.86. The molecular weight excluding hydrogens is 326 g/mol. The zero-order valence-corrected chi connectivity index (χ0v) is 14.0. The fourth-order valence-electron chi connectivity index (χ4n) is 3.52. The molecule has 0 bridgehead atoms. The predicted octanol–water partition coefficient (Wildman–Crippen LogP) is 2.67. The van der Waals surface area contributed by atoms with Gasteiger partial charge >= 0.3 is 0 Å². The molecule has 2 aliphatic rings. The smallest absolute Gasteiger partial charge is 0.296 e. The van der Waals surface area contributed by atoms with Gasteiger partial charge in [0.2, 0.25) is 0 Å². The number of hydrogen-bond donors (Lipinski definition) is 3. The quantitative estimate of drug-likeness (QED) is 0.413. The van der Waals surface area contributed by atoms with Crippen LogP contribution in [0.2, 0.25) is 0 Å². The number of hydrogen-bond acceptors (Lipinski definition) is 6. The van der Waals surface area contributed by atoms with E-state index in [1.54, 1.807) is 6.07 Å². The molecule has 1 aliphatic carbocycles. The summed E-state index contributed by atoms with van der Waals surface area (Å²) >= 11 is 0. The summed E-state index contributed by atoms with van der Waals surface area (Å²) in [7, 11) is 0. The molecule has 1 aliphatic heterocycles. The lowest BCUT2D eigenvalue weighted by Gasteiger charge is -2.27. The van der Waals surface area contributed by atoms with Crippen molar-refractivity contribution in [2.24, 2.45) is 5.92 Å². The number of aliphatic hydroxyl groups is 1. The number of nitro groups is 1. The Balaban J connectivity index is 1.62. The third-order valence-corrected chi connectivity index (χ3v) is 4.86. The maximum absolute atomic E-state index is 11.4. The molecule has 1 saturated carbocycles. The molecule has 0 saturated heterocycles. The molecule has 1 fully saturated rings. The summed E-state index contributed by atoms with van der Waals surface area (Å²) in [5.74, 6) is 0.350. The van der Waals surface area contributed by atoms with Crippen molar-refractivity contribution in [1.82, 2.24) is 0 Å². The van der Waals surface area contributed by atoms with E-state index in [4.69, 9.17) is 4.74 Å². The molecule has 0 spiro atoms. The van der Waals surface area contributed by atoms with E-state index in [9.17, 15) is 20.0 Å². The average Bonchev–Trinajstić information content (AvgIpc) is 2.59. The molecule has 2 atom stereocenters. The van der Waals surface area contributed by atoms with Crippen LogP contribution in [-0.2, 0) is 4.79 Å². The van der Waals surface area contributed by atoms with E-state index in [1.807, 2.05) is 0 Å². The van der Waals surface area contributed by atoms with Gasteiger partial charge in [0, 0.05) is 6.54 Å². The number of amides is 1. The van der Waals surface area contributed by atoms with Gasteiger partial charge in [-0.15, -0.1) is 0 Å². The van der Waals surface area contributed by atoms with Crippen LogP contribution in [-0.4, -0.2) is 35.2 Å². The van der Waals surface area contributed by atoms with Gasteiger partial charge in [-0.2, -0.15) is 0 Å². The van der Waals surface area contributed by atoms with Gasteiger partial charge in [0.05, 0.1) is 22.8 Å². The Labute approximate surface area is 145 Å². The molecule has 25 heavy (non-hydrogen) atoms. The van der Waals surface area contributed by atoms with E-state index >= 15 is 0 Å². The van der Waals surface area contributed by atoms with E-state index in [0.717, 1.165) is 38.5 Å². The van der Waals surface area contributed by atoms with E-state index < -0.39 is 4.92 Å². The summed E-state index contributed by atoms with van der Waals surface area (Å²) in [6.45, 7) is 0.429. The van der Waals surface area contributed by atoms with Crippen molar-refractivity contribution < 1.29 is 19.6 Å². The second kappa shape index (κ2) is 7.69. The van der Waals surface area contributed by atoms with E-state index in [0.29, 0.717) is 29.6 Å². The Hall–Kier alpha value is -2.35.